The molecule has 0 spiro atoms. The zero-order chi connectivity index (χ0) is 14.3. The molecule has 2 bridgehead atoms. The monoisotopic (exact) mass is 313 g/mol. The van der Waals surface area contributed by atoms with Gasteiger partial charge in [-0.25, -0.2) is 4.79 Å². The Morgan fingerprint density at radius 3 is 2.25 bits per heavy atom. The Morgan fingerprint density at radius 1 is 1.20 bits per heavy atom. The van der Waals surface area contributed by atoms with Crippen LogP contribution in [0.5, 0.6) is 0 Å². The highest BCUT2D eigenvalue weighted by Gasteiger charge is 2.39. The summed E-state index contributed by atoms with van der Waals surface area (Å²) in [5.41, 5.74) is 6.30. The zero-order valence-corrected chi connectivity index (χ0v) is 12.6. The molecule has 1 aromatic rings. The van der Waals surface area contributed by atoms with E-state index in [0.717, 1.165) is 32.5 Å². The summed E-state index contributed by atoms with van der Waals surface area (Å²) < 4.78 is 0. The molecule has 2 amide bonds. The number of nitrogens with zero attached hydrogens (tertiary/aromatic N) is 2. The summed E-state index contributed by atoms with van der Waals surface area (Å²) in [6.07, 6.45) is 2.23. The van der Waals surface area contributed by atoms with E-state index in [1.807, 2.05) is 0 Å². The van der Waals surface area contributed by atoms with Crippen LogP contribution < -0.4 is 10.6 Å². The van der Waals surface area contributed by atoms with Crippen molar-refractivity contribution in [3.63, 3.8) is 0 Å². The van der Waals surface area contributed by atoms with Crippen LogP contribution in [-0.4, -0.2) is 36.6 Å². The highest BCUT2D eigenvalue weighted by atomic mass is 35.5. The van der Waals surface area contributed by atoms with Crippen LogP contribution in [0.3, 0.4) is 0 Å². The summed E-state index contributed by atoms with van der Waals surface area (Å²) >= 11 is 12.1. The van der Waals surface area contributed by atoms with Gasteiger partial charge in [-0.2, -0.15) is 0 Å². The first-order chi connectivity index (χ1) is 9.54. The van der Waals surface area contributed by atoms with Gasteiger partial charge in [-0.05, 0) is 50.0 Å². The number of nitrogens with two attached hydrogens (primary N) is 1. The van der Waals surface area contributed by atoms with E-state index in [0.29, 0.717) is 21.7 Å². The van der Waals surface area contributed by atoms with Crippen LogP contribution in [0, 0.1) is 5.92 Å². The number of fused-ring (bicyclic) bond motifs is 3. The van der Waals surface area contributed by atoms with E-state index in [2.05, 4.69) is 4.90 Å². The first-order valence-electron chi connectivity index (χ1n) is 6.81. The maximum Gasteiger partial charge on any atom is 0.319 e. The minimum atomic E-state index is -0.443. The topological polar surface area (TPSA) is 49.6 Å². The van der Waals surface area contributed by atoms with E-state index >= 15 is 0 Å². The molecule has 0 radical (unpaired) electrons. The summed E-state index contributed by atoms with van der Waals surface area (Å²) in [6, 6.07) is 4.82. The Kier molecular flexibility index (Phi) is 3.80. The van der Waals surface area contributed by atoms with Gasteiger partial charge in [0.1, 0.15) is 0 Å². The first-order valence-corrected chi connectivity index (χ1v) is 7.57. The number of carbonyl (C=O) groups excluding carboxylic acids is 1. The molecular formula is C14H17Cl2N3O. The van der Waals surface area contributed by atoms with Crippen molar-refractivity contribution in [3.8, 4) is 0 Å². The molecule has 0 aliphatic carbocycles. The number of piperidine rings is 3. The van der Waals surface area contributed by atoms with Crippen LogP contribution in [0.15, 0.2) is 18.2 Å². The quantitative estimate of drug-likeness (QED) is 0.912. The lowest BCUT2D eigenvalue weighted by Gasteiger charge is -2.48. The third-order valence-electron chi connectivity index (χ3n) is 4.32. The fraction of sp³-hybridized carbons (Fsp3) is 0.500. The average Bonchev–Trinajstić information content (AvgIpc) is 2.38. The number of benzene rings is 1. The maximum absolute atomic E-state index is 11.9. The highest BCUT2D eigenvalue weighted by Crippen LogP contribution is 2.35. The molecule has 1 aromatic carbocycles. The number of primary amides is 1. The van der Waals surface area contributed by atoms with Crippen molar-refractivity contribution in [2.24, 2.45) is 11.7 Å². The van der Waals surface area contributed by atoms with E-state index in [1.165, 1.54) is 0 Å². The number of hydrogen-bond acceptors (Lipinski definition) is 2. The normalized spacial score (nSPS) is 28.4. The van der Waals surface area contributed by atoms with Gasteiger partial charge in [-0.15, -0.1) is 0 Å². The Labute approximate surface area is 128 Å². The van der Waals surface area contributed by atoms with Gasteiger partial charge in [0.2, 0.25) is 0 Å². The van der Waals surface area contributed by atoms with Gasteiger partial charge in [0.05, 0.1) is 6.04 Å². The van der Waals surface area contributed by atoms with Gasteiger partial charge >= 0.3 is 6.03 Å². The lowest BCUT2D eigenvalue weighted by atomic mass is 9.83. The molecule has 4 rings (SSSR count). The predicted octanol–water partition coefficient (Wildman–Crippen LogP) is 2.97. The van der Waals surface area contributed by atoms with Crippen LogP contribution in [0.2, 0.25) is 10.0 Å². The summed E-state index contributed by atoms with van der Waals surface area (Å²) in [4.78, 5) is 16.0. The van der Waals surface area contributed by atoms with E-state index in [-0.39, 0.29) is 6.04 Å². The van der Waals surface area contributed by atoms with E-state index in [1.54, 1.807) is 23.1 Å². The molecular weight excluding hydrogens is 297 g/mol. The van der Waals surface area contributed by atoms with Gasteiger partial charge in [0.15, 0.2) is 0 Å². The molecule has 2 N–H and O–H groups in total. The summed E-state index contributed by atoms with van der Waals surface area (Å²) in [5, 5.41) is 1.03. The SMILES string of the molecule is NC(=O)N(c1cc(Cl)cc(Cl)c1)C1CN2CCC1CC2. The molecule has 3 saturated heterocycles. The van der Waals surface area contributed by atoms with Crippen molar-refractivity contribution in [1.29, 1.82) is 0 Å². The molecule has 3 heterocycles. The zero-order valence-electron chi connectivity index (χ0n) is 11.1. The minimum absolute atomic E-state index is 0.115. The fourth-order valence-electron chi connectivity index (χ4n) is 3.39. The summed E-state index contributed by atoms with van der Waals surface area (Å²) in [7, 11) is 0. The van der Waals surface area contributed by atoms with Crippen LogP contribution in [0.25, 0.3) is 0 Å². The van der Waals surface area contributed by atoms with Crippen molar-refractivity contribution < 1.29 is 4.79 Å². The number of urea groups is 1. The molecule has 1 atom stereocenters. The second kappa shape index (κ2) is 5.43. The average molecular weight is 314 g/mol. The number of hydrogen-bond donors (Lipinski definition) is 1. The largest absolute Gasteiger partial charge is 0.351 e. The lowest BCUT2D eigenvalue weighted by molar-refractivity contribution is 0.0878. The second-order valence-electron chi connectivity index (χ2n) is 5.54. The van der Waals surface area contributed by atoms with Crippen LogP contribution in [0.4, 0.5) is 10.5 Å². The van der Waals surface area contributed by atoms with Gasteiger partial charge in [0, 0.05) is 22.3 Å². The summed E-state index contributed by atoms with van der Waals surface area (Å²) in [5.74, 6) is 0.505. The second-order valence-corrected chi connectivity index (χ2v) is 6.41. The predicted molar refractivity (Wildman–Crippen MR) is 81.5 cm³/mol. The molecule has 1 unspecified atom stereocenters. The third kappa shape index (κ3) is 2.60. The van der Waals surface area contributed by atoms with Crippen molar-refractivity contribution in [3.05, 3.63) is 28.2 Å². The number of rotatable bonds is 2. The third-order valence-corrected chi connectivity index (χ3v) is 4.75. The standard InChI is InChI=1S/C14H17Cl2N3O/c15-10-5-11(16)7-12(6-10)19(14(17)20)13-8-18-3-1-9(13)2-4-18/h5-7,9,13H,1-4,8H2,(H2,17,20). The first kappa shape index (κ1) is 14.0. The van der Waals surface area contributed by atoms with E-state index in [4.69, 9.17) is 28.9 Å². The summed E-state index contributed by atoms with van der Waals surface area (Å²) in [6.45, 7) is 3.10. The Morgan fingerprint density at radius 2 is 1.80 bits per heavy atom. The van der Waals surface area contributed by atoms with Gasteiger partial charge in [-0.3, -0.25) is 4.90 Å². The highest BCUT2D eigenvalue weighted by molar-refractivity contribution is 6.35. The molecule has 6 heteroatoms. The molecule has 20 heavy (non-hydrogen) atoms. The van der Waals surface area contributed by atoms with Crippen LogP contribution >= 0.6 is 23.2 Å². The molecule has 3 aliphatic rings. The van der Waals surface area contributed by atoms with Crippen molar-refractivity contribution in [2.75, 3.05) is 24.5 Å². The van der Waals surface area contributed by atoms with Gasteiger partial charge in [-0.1, -0.05) is 23.2 Å². The maximum atomic E-state index is 11.9. The van der Waals surface area contributed by atoms with E-state index < -0.39 is 6.03 Å². The lowest BCUT2D eigenvalue weighted by Crippen LogP contribution is -2.60. The van der Waals surface area contributed by atoms with Crippen LogP contribution in [-0.2, 0) is 0 Å². The van der Waals surface area contributed by atoms with E-state index in [9.17, 15) is 4.79 Å². The smallest absolute Gasteiger partial charge is 0.319 e. The molecule has 3 fully saturated rings. The molecule has 3 aliphatic heterocycles. The van der Waals surface area contributed by atoms with Crippen LogP contribution in [0.1, 0.15) is 12.8 Å². The number of amides is 2. The van der Waals surface area contributed by atoms with Gasteiger partial charge in [0.25, 0.3) is 0 Å². The van der Waals surface area contributed by atoms with Crippen molar-refractivity contribution >= 4 is 34.9 Å². The number of carbonyl (C=O) groups is 1. The fourth-order valence-corrected chi connectivity index (χ4v) is 3.90. The molecule has 0 aromatic heterocycles. The number of halogens is 2. The Hall–Kier alpha value is -0.970. The number of anilines is 1. The van der Waals surface area contributed by atoms with Gasteiger partial charge < -0.3 is 10.6 Å². The minimum Gasteiger partial charge on any atom is -0.351 e. The molecule has 4 nitrogen and oxygen atoms in total. The van der Waals surface area contributed by atoms with Crippen molar-refractivity contribution in [2.45, 2.75) is 18.9 Å². The molecule has 0 saturated carbocycles. The van der Waals surface area contributed by atoms with Crippen molar-refractivity contribution in [1.82, 2.24) is 4.90 Å². The molecule has 108 valence electrons. The Balaban J connectivity index is 1.95. The Bertz CT molecular complexity index is 509.